The van der Waals surface area contributed by atoms with Gasteiger partial charge in [0, 0.05) is 29.1 Å². The van der Waals surface area contributed by atoms with Crippen molar-refractivity contribution in [3.05, 3.63) is 125 Å². The third-order valence-corrected chi connectivity index (χ3v) is 9.62. The lowest BCUT2D eigenvalue weighted by atomic mass is 10.1. The van der Waals surface area contributed by atoms with Crippen LogP contribution in [0.5, 0.6) is 5.75 Å². The first-order valence-corrected chi connectivity index (χ1v) is 15.8. The van der Waals surface area contributed by atoms with Gasteiger partial charge < -0.3 is 10.1 Å². The number of halogens is 3. The Morgan fingerprint density at radius 2 is 1.70 bits per heavy atom. The molecule has 5 rings (SSSR count). The molecular formula is C33H31ClF2N2O4S. The zero-order chi connectivity index (χ0) is 30.6. The van der Waals surface area contributed by atoms with E-state index in [0.29, 0.717) is 29.3 Å². The summed E-state index contributed by atoms with van der Waals surface area (Å²) in [5, 5.41) is 3.30. The molecule has 0 aliphatic heterocycles. The van der Waals surface area contributed by atoms with Crippen LogP contribution in [0.2, 0.25) is 5.02 Å². The zero-order valence-corrected chi connectivity index (χ0v) is 25.0. The van der Waals surface area contributed by atoms with Crippen molar-refractivity contribution in [2.75, 3.05) is 17.5 Å². The van der Waals surface area contributed by atoms with Crippen molar-refractivity contribution in [3.8, 4) is 5.75 Å². The van der Waals surface area contributed by atoms with Crippen LogP contribution in [0.15, 0.2) is 102 Å². The minimum Gasteiger partial charge on any atom is -0.493 e. The second-order valence-corrected chi connectivity index (χ2v) is 12.7. The van der Waals surface area contributed by atoms with Crippen LogP contribution in [0.3, 0.4) is 0 Å². The van der Waals surface area contributed by atoms with Crippen molar-refractivity contribution < 1.29 is 26.7 Å². The van der Waals surface area contributed by atoms with E-state index in [1.165, 1.54) is 29.8 Å². The maximum atomic E-state index is 15.1. The van der Waals surface area contributed by atoms with Crippen molar-refractivity contribution in [1.82, 2.24) is 5.32 Å². The van der Waals surface area contributed by atoms with E-state index in [-0.39, 0.29) is 29.2 Å². The molecule has 3 atom stereocenters. The molecule has 10 heteroatoms. The highest BCUT2D eigenvalue weighted by Gasteiger charge is 2.43. The normalized spacial score (nSPS) is 16.7. The summed E-state index contributed by atoms with van der Waals surface area (Å²) in [5.74, 6) is -1.05. The van der Waals surface area contributed by atoms with Gasteiger partial charge in [-0.1, -0.05) is 60.1 Å². The van der Waals surface area contributed by atoms with Crippen molar-refractivity contribution in [1.29, 1.82) is 0 Å². The Hall–Kier alpha value is -3.95. The fourth-order valence-corrected chi connectivity index (χ4v) is 6.92. The highest BCUT2D eigenvalue weighted by Crippen LogP contribution is 2.47. The zero-order valence-electron chi connectivity index (χ0n) is 23.4. The number of ether oxygens (including phenoxy) is 1. The van der Waals surface area contributed by atoms with Crippen LogP contribution in [0.1, 0.15) is 42.9 Å². The van der Waals surface area contributed by atoms with E-state index < -0.39 is 33.4 Å². The number of carbonyl (C=O) groups excluding carboxylic acids is 1. The van der Waals surface area contributed by atoms with Crippen molar-refractivity contribution in [3.63, 3.8) is 0 Å². The third kappa shape index (κ3) is 7.00. The van der Waals surface area contributed by atoms with Crippen molar-refractivity contribution >= 4 is 33.2 Å². The molecule has 3 unspecified atom stereocenters. The Balaban J connectivity index is 1.29. The minimum absolute atomic E-state index is 0.0167. The highest BCUT2D eigenvalue weighted by molar-refractivity contribution is 7.92. The summed E-state index contributed by atoms with van der Waals surface area (Å²) in [6.07, 6.45) is 1.35. The number of rotatable bonds is 12. The Bertz CT molecular complexity index is 1690. The number of para-hydroxylation sites is 1. The van der Waals surface area contributed by atoms with E-state index >= 15 is 4.39 Å². The Labute approximate surface area is 255 Å². The molecule has 0 radical (unpaired) electrons. The standard InChI is InChI=1S/C33H31ClF2N2O4S/c1-22(38(31-20-25(35)14-17-30(31)36)43(40,41)26-15-12-24(34)13-16-26)27-10-5-6-11-32(27)42-19-7-18-37-33(39)29-21-28(29)23-8-3-2-4-9-23/h2-6,8-17,20,22,28-29H,7,18-19,21H2,1H3,(H,37,39). The summed E-state index contributed by atoms with van der Waals surface area (Å²) in [5.41, 5.74) is 1.19. The first-order chi connectivity index (χ1) is 20.7. The Morgan fingerprint density at radius 1 is 1.00 bits per heavy atom. The summed E-state index contributed by atoms with van der Waals surface area (Å²) < 4.78 is 64.0. The maximum absolute atomic E-state index is 15.1. The summed E-state index contributed by atoms with van der Waals surface area (Å²) in [6.45, 7) is 2.24. The molecular weight excluding hydrogens is 594 g/mol. The number of sulfonamides is 1. The number of anilines is 1. The topological polar surface area (TPSA) is 75.7 Å². The summed E-state index contributed by atoms with van der Waals surface area (Å²) >= 11 is 5.96. The van der Waals surface area contributed by atoms with Crippen LogP contribution in [-0.2, 0) is 14.8 Å². The predicted molar refractivity (Wildman–Crippen MR) is 163 cm³/mol. The Morgan fingerprint density at radius 3 is 2.44 bits per heavy atom. The quantitative estimate of drug-likeness (QED) is 0.168. The molecule has 1 aliphatic carbocycles. The van der Waals surface area contributed by atoms with Crippen molar-refractivity contribution in [2.45, 2.75) is 36.6 Å². The monoisotopic (exact) mass is 624 g/mol. The second kappa shape index (κ2) is 13.1. The van der Waals surface area contributed by atoms with Gasteiger partial charge in [0.2, 0.25) is 5.91 Å². The lowest BCUT2D eigenvalue weighted by Crippen LogP contribution is -2.34. The van der Waals surface area contributed by atoms with Crippen LogP contribution in [-0.4, -0.2) is 27.5 Å². The molecule has 1 amide bonds. The molecule has 1 aliphatic rings. The van der Waals surface area contributed by atoms with Gasteiger partial charge in [0.05, 0.1) is 23.2 Å². The molecule has 0 saturated heterocycles. The van der Waals surface area contributed by atoms with E-state index in [2.05, 4.69) is 5.32 Å². The third-order valence-electron chi connectivity index (χ3n) is 7.47. The van der Waals surface area contributed by atoms with Gasteiger partial charge in [-0.25, -0.2) is 17.2 Å². The lowest BCUT2D eigenvalue weighted by Gasteiger charge is -2.32. The van der Waals surface area contributed by atoms with Crippen molar-refractivity contribution in [2.24, 2.45) is 5.92 Å². The van der Waals surface area contributed by atoms with Crippen LogP contribution in [0, 0.1) is 17.6 Å². The first-order valence-electron chi connectivity index (χ1n) is 14.0. The van der Waals surface area contributed by atoms with Gasteiger partial charge in [-0.2, -0.15) is 0 Å². The highest BCUT2D eigenvalue weighted by atomic mass is 35.5. The fourth-order valence-electron chi connectivity index (χ4n) is 5.15. The van der Waals surface area contributed by atoms with Crippen LogP contribution in [0.25, 0.3) is 0 Å². The molecule has 1 N–H and O–H groups in total. The van der Waals surface area contributed by atoms with E-state index in [1.54, 1.807) is 31.2 Å². The van der Waals surface area contributed by atoms with E-state index in [0.717, 1.165) is 28.9 Å². The molecule has 1 fully saturated rings. The molecule has 43 heavy (non-hydrogen) atoms. The van der Waals surface area contributed by atoms with Crippen LogP contribution >= 0.6 is 11.6 Å². The van der Waals surface area contributed by atoms with E-state index in [4.69, 9.17) is 16.3 Å². The van der Waals surface area contributed by atoms with E-state index in [9.17, 15) is 17.6 Å². The molecule has 0 bridgehead atoms. The van der Waals surface area contributed by atoms with Gasteiger partial charge in [-0.15, -0.1) is 0 Å². The van der Waals surface area contributed by atoms with Gasteiger partial charge in [0.15, 0.2) is 0 Å². The smallest absolute Gasteiger partial charge is 0.264 e. The number of amides is 1. The molecule has 0 aromatic heterocycles. The number of hydrogen-bond donors (Lipinski definition) is 1. The van der Waals surface area contributed by atoms with Gasteiger partial charge >= 0.3 is 0 Å². The molecule has 0 spiro atoms. The number of hydrogen-bond acceptors (Lipinski definition) is 4. The van der Waals surface area contributed by atoms with E-state index in [1.807, 2.05) is 30.3 Å². The predicted octanol–water partition coefficient (Wildman–Crippen LogP) is 7.26. The molecule has 4 aromatic carbocycles. The fraction of sp³-hybridized carbons (Fsp3) is 0.242. The number of nitrogens with one attached hydrogen (secondary N) is 1. The molecule has 0 heterocycles. The maximum Gasteiger partial charge on any atom is 0.264 e. The molecule has 224 valence electrons. The largest absolute Gasteiger partial charge is 0.493 e. The molecule has 1 saturated carbocycles. The van der Waals surface area contributed by atoms with Gasteiger partial charge in [-0.3, -0.25) is 9.10 Å². The number of nitrogens with zero attached hydrogens (tertiary/aromatic N) is 1. The molecule has 4 aromatic rings. The summed E-state index contributed by atoms with van der Waals surface area (Å²) in [6, 6.07) is 23.9. The second-order valence-electron chi connectivity index (χ2n) is 10.4. The number of benzene rings is 4. The average Bonchev–Trinajstić information content (AvgIpc) is 3.81. The SMILES string of the molecule is CC(c1ccccc1OCCCNC(=O)C1CC1c1ccccc1)N(c1cc(F)ccc1F)S(=O)(=O)c1ccc(Cl)cc1. The Kier molecular flexibility index (Phi) is 9.32. The summed E-state index contributed by atoms with van der Waals surface area (Å²) in [7, 11) is -4.37. The number of carbonyl (C=O) groups is 1. The lowest BCUT2D eigenvalue weighted by molar-refractivity contribution is -0.122. The van der Waals surface area contributed by atoms with Gasteiger partial charge in [0.25, 0.3) is 10.0 Å². The first kappa shape index (κ1) is 30.5. The average molecular weight is 625 g/mol. The minimum atomic E-state index is -4.37. The molecule has 6 nitrogen and oxygen atoms in total. The van der Waals surface area contributed by atoms with Gasteiger partial charge in [0.1, 0.15) is 17.4 Å². The van der Waals surface area contributed by atoms with Crippen LogP contribution < -0.4 is 14.4 Å². The van der Waals surface area contributed by atoms with Crippen LogP contribution in [0.4, 0.5) is 14.5 Å². The van der Waals surface area contributed by atoms with Gasteiger partial charge in [-0.05, 0) is 73.7 Å². The summed E-state index contributed by atoms with van der Waals surface area (Å²) in [4.78, 5) is 12.4.